The molecular formula is C40H40Cl3FN6O4. The lowest BCUT2D eigenvalue weighted by Crippen LogP contribution is -2.40. The van der Waals surface area contributed by atoms with Gasteiger partial charge in [-0.1, -0.05) is 59.6 Å². The zero-order chi connectivity index (χ0) is 38.0. The molecule has 2 aliphatic heterocycles. The number of amides is 2. The number of methoxy groups -OCH3 is 2. The molecule has 0 saturated carbocycles. The summed E-state index contributed by atoms with van der Waals surface area (Å²) in [5, 5.41) is 13.2. The molecule has 4 heterocycles. The van der Waals surface area contributed by atoms with Gasteiger partial charge < -0.3 is 30.7 Å². The van der Waals surface area contributed by atoms with E-state index in [-0.39, 0.29) is 47.6 Å². The molecule has 7 rings (SSSR count). The monoisotopic (exact) mass is 792 g/mol. The molecule has 4 N–H and O–H groups in total. The first-order valence-electron chi connectivity index (χ1n) is 17.8. The van der Waals surface area contributed by atoms with Gasteiger partial charge in [0.05, 0.1) is 52.5 Å². The van der Waals surface area contributed by atoms with Crippen LogP contribution in [0.3, 0.4) is 0 Å². The number of allylic oxidation sites excluding steroid dienone is 4. The van der Waals surface area contributed by atoms with E-state index in [4.69, 9.17) is 54.2 Å². The smallest absolute Gasteiger partial charge is 0.220 e. The maximum Gasteiger partial charge on any atom is 0.220 e. The number of nitrogens with one attached hydrogen (secondary N) is 4. The fourth-order valence-electron chi connectivity index (χ4n) is 7.56. The molecule has 54 heavy (non-hydrogen) atoms. The summed E-state index contributed by atoms with van der Waals surface area (Å²) in [6.07, 6.45) is 8.10. The van der Waals surface area contributed by atoms with Crippen molar-refractivity contribution in [3.05, 3.63) is 111 Å². The quantitative estimate of drug-likeness (QED) is 0.115. The third kappa shape index (κ3) is 7.40. The SMILES string of the molecule is COc1nc(C2(c3ccc4c(OC)c(CNC[C@H]5CCC(=O)N5)cc(Cl)c4n3)C=CC=C(c3ccccc3Cl)C2Cl)cc(F)c1CNC[C@H]1CCC(=O)N1. The fraction of sp³-hybridized carbons (Fsp3) is 0.350. The standard InChI is InChI=1S/C40H40Cl3FN6O4/c1-53-37-22(18-45-19-23-9-13-34(51)47-23)16-30(42)36-27(37)11-12-32(49-36)40(15-5-7-26(38(40)43)25-6-3-4-8-29(25)41)33-17-31(44)28(39(50-33)54-2)21-46-20-24-10-14-35(52)48-24/h3-8,11-12,15-17,23-24,38,45-46H,9-10,13-14,18-21H2,1-2H3,(H,47,51)(H,48,52)/t23-,24-,38?,40?/m1/s1. The number of rotatable bonds is 13. The zero-order valence-corrected chi connectivity index (χ0v) is 32.0. The van der Waals surface area contributed by atoms with Crippen molar-refractivity contribution in [2.75, 3.05) is 27.3 Å². The van der Waals surface area contributed by atoms with Crippen molar-refractivity contribution in [2.45, 2.75) is 61.6 Å². The Labute approximate surface area is 327 Å². The number of nitrogens with zero attached hydrogens (tertiary/aromatic N) is 2. The van der Waals surface area contributed by atoms with Crippen molar-refractivity contribution < 1.29 is 23.5 Å². The molecule has 0 bridgehead atoms. The van der Waals surface area contributed by atoms with Crippen LogP contribution in [0.4, 0.5) is 4.39 Å². The molecule has 2 aromatic carbocycles. The first kappa shape index (κ1) is 38.0. The molecule has 10 nitrogen and oxygen atoms in total. The molecule has 4 atom stereocenters. The topological polar surface area (TPSA) is 126 Å². The van der Waals surface area contributed by atoms with Gasteiger partial charge in [-0.15, -0.1) is 11.6 Å². The van der Waals surface area contributed by atoms with Crippen LogP contribution in [0.15, 0.2) is 66.8 Å². The summed E-state index contributed by atoms with van der Waals surface area (Å²) < 4.78 is 28.0. The Balaban J connectivity index is 1.29. The number of alkyl halides is 1. The van der Waals surface area contributed by atoms with E-state index in [0.717, 1.165) is 17.5 Å². The minimum Gasteiger partial charge on any atom is -0.496 e. The summed E-state index contributed by atoms with van der Waals surface area (Å²) in [7, 11) is 3.04. The molecule has 282 valence electrons. The van der Waals surface area contributed by atoms with Crippen molar-refractivity contribution in [3.8, 4) is 11.6 Å². The number of hydrogen-bond acceptors (Lipinski definition) is 8. The molecule has 1 aliphatic carbocycles. The van der Waals surface area contributed by atoms with E-state index in [2.05, 4.69) is 21.3 Å². The van der Waals surface area contributed by atoms with Gasteiger partial charge in [0.1, 0.15) is 11.6 Å². The average molecular weight is 794 g/mol. The normalized spacial score (nSPS) is 22.3. The number of fused-ring (bicyclic) bond motifs is 1. The van der Waals surface area contributed by atoms with Gasteiger partial charge in [0.15, 0.2) is 0 Å². The van der Waals surface area contributed by atoms with Gasteiger partial charge >= 0.3 is 0 Å². The molecular weight excluding hydrogens is 754 g/mol. The van der Waals surface area contributed by atoms with E-state index in [1.54, 1.807) is 13.2 Å². The molecule has 4 aromatic rings. The van der Waals surface area contributed by atoms with Gasteiger partial charge in [0, 0.05) is 67.1 Å². The third-order valence-corrected chi connectivity index (χ3v) is 11.5. The summed E-state index contributed by atoms with van der Waals surface area (Å²) >= 11 is 21.3. The number of benzene rings is 2. The van der Waals surface area contributed by atoms with Crippen LogP contribution in [-0.2, 0) is 28.1 Å². The largest absolute Gasteiger partial charge is 0.496 e. The van der Waals surface area contributed by atoms with Gasteiger partial charge in [0.2, 0.25) is 17.7 Å². The van der Waals surface area contributed by atoms with Gasteiger partial charge in [-0.2, -0.15) is 0 Å². The number of aromatic nitrogens is 2. The van der Waals surface area contributed by atoms with E-state index in [1.807, 2.05) is 54.6 Å². The summed E-state index contributed by atoms with van der Waals surface area (Å²) in [6.45, 7) is 1.66. The van der Waals surface area contributed by atoms with Crippen LogP contribution in [0.2, 0.25) is 10.0 Å². The molecule has 14 heteroatoms. The Kier molecular flexibility index (Phi) is 11.4. The van der Waals surface area contributed by atoms with E-state index in [0.29, 0.717) is 76.9 Å². The second-order valence-electron chi connectivity index (χ2n) is 13.7. The van der Waals surface area contributed by atoms with Gasteiger partial charge in [-0.25, -0.2) is 14.4 Å². The molecule has 2 unspecified atom stereocenters. The van der Waals surface area contributed by atoms with E-state index >= 15 is 4.39 Å². The van der Waals surface area contributed by atoms with Crippen molar-refractivity contribution in [3.63, 3.8) is 0 Å². The number of hydrogen-bond donors (Lipinski definition) is 4. The van der Waals surface area contributed by atoms with Crippen LogP contribution in [-0.4, -0.2) is 66.6 Å². The maximum atomic E-state index is 16.4. The average Bonchev–Trinajstić information content (AvgIpc) is 3.79. The zero-order valence-electron chi connectivity index (χ0n) is 29.8. The highest BCUT2D eigenvalue weighted by molar-refractivity contribution is 6.35. The van der Waals surface area contributed by atoms with Crippen LogP contribution < -0.4 is 30.7 Å². The minimum atomic E-state index is -1.32. The molecule has 2 aromatic heterocycles. The van der Waals surface area contributed by atoms with E-state index in [1.165, 1.54) is 13.2 Å². The molecule has 3 aliphatic rings. The van der Waals surface area contributed by atoms with Crippen molar-refractivity contribution in [1.29, 1.82) is 0 Å². The number of ether oxygens (including phenoxy) is 2. The van der Waals surface area contributed by atoms with Crippen LogP contribution in [0.25, 0.3) is 16.5 Å². The predicted molar refractivity (Wildman–Crippen MR) is 209 cm³/mol. The fourth-order valence-corrected chi connectivity index (χ4v) is 8.57. The van der Waals surface area contributed by atoms with Crippen LogP contribution >= 0.6 is 34.8 Å². The number of halogens is 4. The van der Waals surface area contributed by atoms with Gasteiger partial charge in [0.25, 0.3) is 0 Å². The molecule has 2 fully saturated rings. The molecule has 2 amide bonds. The number of carbonyl (C=O) groups is 2. The minimum absolute atomic E-state index is 0.00899. The molecule has 0 radical (unpaired) electrons. The lowest BCUT2D eigenvalue weighted by molar-refractivity contribution is -0.120. The Bertz CT molecular complexity index is 2170. The third-order valence-electron chi connectivity index (χ3n) is 10.3. The maximum absolute atomic E-state index is 16.4. The summed E-state index contributed by atoms with van der Waals surface area (Å²) in [5.41, 5.74) is 2.36. The Morgan fingerprint density at radius 3 is 2.24 bits per heavy atom. The van der Waals surface area contributed by atoms with E-state index in [9.17, 15) is 9.59 Å². The van der Waals surface area contributed by atoms with Crippen LogP contribution in [0, 0.1) is 5.82 Å². The first-order valence-corrected chi connectivity index (χ1v) is 19.0. The van der Waals surface area contributed by atoms with Crippen molar-refractivity contribution in [2.24, 2.45) is 0 Å². The number of carbonyl (C=O) groups excluding carboxylic acids is 2. The summed E-state index contributed by atoms with van der Waals surface area (Å²) in [5.74, 6) is 0.220. The van der Waals surface area contributed by atoms with Crippen molar-refractivity contribution >= 4 is 63.1 Å². The van der Waals surface area contributed by atoms with Crippen LogP contribution in [0.1, 0.15) is 53.8 Å². The molecule has 2 saturated heterocycles. The van der Waals surface area contributed by atoms with Crippen LogP contribution in [0.5, 0.6) is 11.6 Å². The highest BCUT2D eigenvalue weighted by Gasteiger charge is 2.46. The highest BCUT2D eigenvalue weighted by Crippen LogP contribution is 2.49. The predicted octanol–water partition coefficient (Wildman–Crippen LogP) is 6.38. The van der Waals surface area contributed by atoms with Gasteiger partial charge in [-0.3, -0.25) is 9.59 Å². The van der Waals surface area contributed by atoms with Gasteiger partial charge in [-0.05, 0) is 54.3 Å². The second-order valence-corrected chi connectivity index (χ2v) is 14.9. The summed E-state index contributed by atoms with van der Waals surface area (Å²) in [4.78, 5) is 33.4. The Hall–Kier alpha value is -4.26. The Morgan fingerprint density at radius 1 is 0.889 bits per heavy atom. The summed E-state index contributed by atoms with van der Waals surface area (Å²) in [6, 6.07) is 14.3. The lowest BCUT2D eigenvalue weighted by Gasteiger charge is -2.38. The number of pyridine rings is 2. The lowest BCUT2D eigenvalue weighted by atomic mass is 9.70. The van der Waals surface area contributed by atoms with Crippen molar-refractivity contribution in [1.82, 2.24) is 31.2 Å². The van der Waals surface area contributed by atoms with E-state index < -0.39 is 16.6 Å². The second kappa shape index (κ2) is 16.2. The highest BCUT2D eigenvalue weighted by atomic mass is 35.5. The Morgan fingerprint density at radius 2 is 1.59 bits per heavy atom. The molecule has 0 spiro atoms. The first-order chi connectivity index (χ1) is 26.1.